The van der Waals surface area contributed by atoms with E-state index < -0.39 is 34.9 Å². The molecule has 4 aromatic heterocycles. The Morgan fingerprint density at radius 1 is 0.648 bits per heavy atom. The molecule has 0 bridgehead atoms. The fraction of sp³-hybridized carbons (Fsp3) is 0.220. The lowest BCUT2D eigenvalue weighted by molar-refractivity contribution is 0.445. The van der Waals surface area contributed by atoms with Crippen LogP contribution in [0.25, 0.3) is 57.0 Å². The molecule has 1 atom stereocenters. The molecule has 0 radical (unpaired) electrons. The van der Waals surface area contributed by atoms with Crippen molar-refractivity contribution in [1.29, 1.82) is 0 Å². The molecule has 0 saturated heterocycles. The molecule has 13 heteroatoms. The van der Waals surface area contributed by atoms with Gasteiger partial charge in [-0.15, -0.1) is 45.8 Å². The second kappa shape index (κ2) is 15.4. The molecule has 3 aromatic carbocycles. The summed E-state index contributed by atoms with van der Waals surface area (Å²) in [7, 11) is 0. The topological polar surface area (TPSA) is 25.8 Å². The summed E-state index contributed by atoms with van der Waals surface area (Å²) in [6.07, 6.45) is 8.06. The Labute approximate surface area is 328 Å². The Morgan fingerprint density at radius 2 is 1.26 bits per heavy atom. The van der Waals surface area contributed by atoms with Gasteiger partial charge in [0.15, 0.2) is 34.9 Å². The maximum atomic E-state index is 14.1. The van der Waals surface area contributed by atoms with Gasteiger partial charge in [0.2, 0.25) is 0 Å². The van der Waals surface area contributed by atoms with Crippen molar-refractivity contribution in [1.82, 2.24) is 8.75 Å². The number of allylic oxidation sites excluding steroid dienone is 1. The van der Waals surface area contributed by atoms with Crippen LogP contribution in [0.15, 0.2) is 66.7 Å². The zero-order valence-corrected chi connectivity index (χ0v) is 33.0. The van der Waals surface area contributed by atoms with Crippen LogP contribution in [0, 0.1) is 41.8 Å². The van der Waals surface area contributed by atoms with E-state index in [9.17, 15) is 26.3 Å². The monoisotopic (exact) mass is 824 g/mol. The minimum absolute atomic E-state index is 0.217. The summed E-state index contributed by atoms with van der Waals surface area (Å²) < 4.78 is 93.0. The molecule has 0 fully saturated rings. The molecule has 1 aliphatic rings. The van der Waals surface area contributed by atoms with E-state index in [1.54, 1.807) is 40.5 Å². The van der Waals surface area contributed by atoms with E-state index in [4.69, 9.17) is 8.75 Å². The second-order valence-corrected chi connectivity index (χ2v) is 18.1. The molecule has 0 spiro atoms. The number of benzene rings is 3. The van der Waals surface area contributed by atoms with Crippen molar-refractivity contribution in [3.8, 4) is 41.1 Å². The van der Waals surface area contributed by atoms with Crippen molar-refractivity contribution in [3.63, 3.8) is 0 Å². The molecule has 1 unspecified atom stereocenters. The molecular weight excluding hydrogens is 795 g/mol. The normalized spacial score (nSPS) is 14.4. The number of halogens is 6. The second-order valence-electron chi connectivity index (χ2n) is 13.1. The average molecular weight is 825 g/mol. The number of unbranched alkanes of at least 4 members (excludes halogenated alkanes) is 3. The van der Waals surface area contributed by atoms with Gasteiger partial charge in [-0.25, -0.2) is 26.3 Å². The summed E-state index contributed by atoms with van der Waals surface area (Å²) in [5.41, 5.74) is 6.51. The Bertz CT molecular complexity index is 2520. The molecule has 0 N–H and O–H groups in total. The molecule has 0 aliphatic carbocycles. The lowest BCUT2D eigenvalue weighted by atomic mass is 10.0. The molecule has 7 aromatic rings. The van der Waals surface area contributed by atoms with Gasteiger partial charge in [0.05, 0.1) is 11.7 Å². The zero-order chi connectivity index (χ0) is 37.7. The molecule has 54 heavy (non-hydrogen) atoms. The van der Waals surface area contributed by atoms with Gasteiger partial charge in [0.1, 0.15) is 11.0 Å². The highest BCUT2D eigenvalue weighted by Gasteiger charge is 2.27. The smallest absolute Gasteiger partial charge is 0.194 e. The SMILES string of the molecule is CCCCCCc1cc(-c2ccc(-c3cc(C)c(-c4ccc(-c5cc(F)c(F)c(F)c5)s4)s3)c3nsnc23)sc1C1=CCC(c2cc(F)c(F)c(F)c2)S1. The first-order chi connectivity index (χ1) is 26.1. The first-order valence-corrected chi connectivity index (χ1v) is 21.4. The number of thioether (sulfide) groups is 1. The number of thiophene rings is 3. The fourth-order valence-corrected chi connectivity index (χ4v) is 12.3. The number of aryl methyl sites for hydroxylation is 2. The Kier molecular flexibility index (Phi) is 10.6. The molecule has 276 valence electrons. The number of aromatic nitrogens is 2. The van der Waals surface area contributed by atoms with Gasteiger partial charge < -0.3 is 0 Å². The van der Waals surface area contributed by atoms with Crippen molar-refractivity contribution < 1.29 is 26.3 Å². The third-order valence-corrected chi connectivity index (χ3v) is 15.3. The molecular formula is C41H30F6N2S5. The standard InChI is InChI=1S/C41H30F6N2S5/c1-3-4-5-6-7-21-19-35(53-41(21)33-13-11-31(51-33)23-17-28(44)37(47)29(45)18-23)25-9-8-24(38-39(25)49-54-48-38)34-14-20(2)40(52-34)32-12-10-30(50-32)22-15-26(42)36(46)27(43)16-22/h8-10,12-19,31H,3-7,11H2,1-2H3. The van der Waals surface area contributed by atoms with E-state index in [0.29, 0.717) is 16.9 Å². The summed E-state index contributed by atoms with van der Waals surface area (Å²) in [5.74, 6) is -7.73. The van der Waals surface area contributed by atoms with Gasteiger partial charge in [0, 0.05) is 50.5 Å². The Balaban J connectivity index is 1.10. The zero-order valence-electron chi connectivity index (χ0n) is 28.9. The molecule has 8 rings (SSSR count). The highest BCUT2D eigenvalue weighted by Crippen LogP contribution is 2.53. The van der Waals surface area contributed by atoms with Crippen LogP contribution in [0.2, 0.25) is 0 Å². The van der Waals surface area contributed by atoms with E-state index >= 15 is 0 Å². The van der Waals surface area contributed by atoms with Gasteiger partial charge in [-0.3, -0.25) is 0 Å². The molecule has 2 nitrogen and oxygen atoms in total. The van der Waals surface area contributed by atoms with Crippen LogP contribution in [0.1, 0.15) is 65.8 Å². The largest absolute Gasteiger partial charge is 0.204 e. The summed E-state index contributed by atoms with van der Waals surface area (Å²) in [5, 5.41) is -0.217. The number of rotatable bonds is 11. The van der Waals surface area contributed by atoms with Crippen molar-refractivity contribution in [2.75, 3.05) is 0 Å². The quantitative estimate of drug-likeness (QED) is 0.0738. The molecule has 0 saturated carbocycles. The summed E-state index contributed by atoms with van der Waals surface area (Å²) >= 11 is 7.39. The first-order valence-electron chi connectivity index (χ1n) is 17.4. The predicted octanol–water partition coefficient (Wildman–Crippen LogP) is 15.0. The third-order valence-electron chi connectivity index (χ3n) is 9.46. The van der Waals surface area contributed by atoms with Crippen LogP contribution in [-0.4, -0.2) is 8.75 Å². The van der Waals surface area contributed by atoms with E-state index in [1.165, 1.54) is 16.9 Å². The van der Waals surface area contributed by atoms with E-state index in [2.05, 4.69) is 37.3 Å². The maximum absolute atomic E-state index is 14.1. The van der Waals surface area contributed by atoms with Crippen LogP contribution in [-0.2, 0) is 6.42 Å². The van der Waals surface area contributed by atoms with Crippen LogP contribution < -0.4 is 0 Å². The Hall–Kier alpha value is -3.75. The van der Waals surface area contributed by atoms with Gasteiger partial charge >= 0.3 is 0 Å². The minimum Gasteiger partial charge on any atom is -0.204 e. The number of hydrogen-bond donors (Lipinski definition) is 0. The molecule has 1 aliphatic heterocycles. The van der Waals surface area contributed by atoms with E-state index in [-0.39, 0.29) is 10.8 Å². The fourth-order valence-electron chi connectivity index (χ4n) is 6.71. The average Bonchev–Trinajstić information content (AvgIpc) is 4.00. The van der Waals surface area contributed by atoms with E-state index in [1.807, 2.05) is 13.0 Å². The molecule has 5 heterocycles. The van der Waals surface area contributed by atoms with Crippen LogP contribution >= 0.6 is 57.5 Å². The van der Waals surface area contributed by atoms with Crippen molar-refractivity contribution in [3.05, 3.63) is 123 Å². The van der Waals surface area contributed by atoms with Gasteiger partial charge in [0.25, 0.3) is 0 Å². The predicted molar refractivity (Wildman–Crippen MR) is 214 cm³/mol. The summed E-state index contributed by atoms with van der Waals surface area (Å²) in [6.45, 7) is 4.21. The van der Waals surface area contributed by atoms with Gasteiger partial charge in [-0.1, -0.05) is 44.4 Å². The van der Waals surface area contributed by atoms with Crippen LogP contribution in [0.5, 0.6) is 0 Å². The van der Waals surface area contributed by atoms with Crippen LogP contribution in [0.4, 0.5) is 26.3 Å². The third kappa shape index (κ3) is 7.09. The van der Waals surface area contributed by atoms with Gasteiger partial charge in [-0.05, 0) is 97.0 Å². The van der Waals surface area contributed by atoms with Crippen LogP contribution in [0.3, 0.4) is 0 Å². The number of fused-ring (bicyclic) bond motifs is 1. The Morgan fingerprint density at radius 3 is 1.93 bits per heavy atom. The lowest BCUT2D eigenvalue weighted by Crippen LogP contribution is -1.97. The first kappa shape index (κ1) is 37.2. The molecule has 0 amide bonds. The number of nitrogens with zero attached hydrogens (tertiary/aromatic N) is 2. The summed E-state index contributed by atoms with van der Waals surface area (Å²) in [4.78, 5) is 6.85. The highest BCUT2D eigenvalue weighted by molar-refractivity contribution is 8.09. The summed E-state index contributed by atoms with van der Waals surface area (Å²) in [6, 6.07) is 16.4. The van der Waals surface area contributed by atoms with Crippen molar-refractivity contribution >= 4 is 73.4 Å². The minimum atomic E-state index is -1.48. The van der Waals surface area contributed by atoms with E-state index in [0.717, 1.165) is 125 Å². The van der Waals surface area contributed by atoms with Crippen molar-refractivity contribution in [2.24, 2.45) is 0 Å². The lowest BCUT2D eigenvalue weighted by Gasteiger charge is -2.12. The maximum Gasteiger partial charge on any atom is 0.194 e. The number of hydrogen-bond acceptors (Lipinski definition) is 7. The highest BCUT2D eigenvalue weighted by atomic mass is 32.2. The van der Waals surface area contributed by atoms with Gasteiger partial charge in [-0.2, -0.15) is 8.75 Å². The van der Waals surface area contributed by atoms with Crippen molar-refractivity contribution in [2.45, 2.75) is 57.6 Å².